The van der Waals surface area contributed by atoms with Crippen molar-refractivity contribution in [3.8, 4) is 0 Å². The van der Waals surface area contributed by atoms with Gasteiger partial charge in [0.1, 0.15) is 0 Å². The van der Waals surface area contributed by atoms with Gasteiger partial charge in [0.05, 0.1) is 24.4 Å². The van der Waals surface area contributed by atoms with E-state index in [1.165, 1.54) is 32.1 Å². The number of benzene rings is 2. The van der Waals surface area contributed by atoms with E-state index in [1.54, 1.807) is 24.5 Å². The molecule has 38 heavy (non-hydrogen) atoms. The molecule has 0 bridgehead atoms. The highest BCUT2D eigenvalue weighted by Crippen LogP contribution is 2.38. The molecule has 2 N–H and O–H groups in total. The Morgan fingerprint density at radius 1 is 0.947 bits per heavy atom. The number of anilines is 1. The summed E-state index contributed by atoms with van der Waals surface area (Å²) in [4.78, 5) is 19.3. The zero-order valence-electron chi connectivity index (χ0n) is 21.8. The van der Waals surface area contributed by atoms with E-state index in [4.69, 9.17) is 9.47 Å². The molecule has 0 saturated carbocycles. The van der Waals surface area contributed by atoms with E-state index in [0.29, 0.717) is 11.3 Å². The first kappa shape index (κ1) is 26.5. The monoisotopic (exact) mass is 515 g/mol. The first-order chi connectivity index (χ1) is 18.7. The summed E-state index contributed by atoms with van der Waals surface area (Å²) in [5, 5.41) is 12.4. The van der Waals surface area contributed by atoms with Gasteiger partial charge in [0.15, 0.2) is 6.29 Å². The maximum absolute atomic E-state index is 12.7. The summed E-state index contributed by atoms with van der Waals surface area (Å²) in [6.45, 7) is 3.11. The topological polar surface area (TPSA) is 83.9 Å². The van der Waals surface area contributed by atoms with Crippen LogP contribution in [0.5, 0.6) is 0 Å². The fraction of sp³-hybridized carbons (Fsp3) is 0.419. The summed E-state index contributed by atoms with van der Waals surface area (Å²) in [6.07, 6.45) is 9.69. The maximum atomic E-state index is 12.7. The van der Waals surface area contributed by atoms with Crippen LogP contribution < -0.4 is 5.32 Å². The Balaban J connectivity index is 1.34. The molecule has 2 aliphatic heterocycles. The van der Waals surface area contributed by atoms with Gasteiger partial charge >= 0.3 is 0 Å². The van der Waals surface area contributed by atoms with Crippen molar-refractivity contribution >= 4 is 11.6 Å². The standard InChI is InChI=1S/C31H37N3O4/c35-22-23-11-13-24(14-12-23)29-19-28(21-34-16-4-2-1-3-5-17-34)37-31(38-29)25-8-6-10-27(18-25)33-30(36)26-9-7-15-32-20-26/h6-15,18,20,28-29,31,35H,1-5,16-17,19,21-22H2,(H,33,36)/t28-,29+,31+/m1/s1. The lowest BCUT2D eigenvalue weighted by molar-refractivity contribution is -0.253. The number of aromatic nitrogens is 1. The van der Waals surface area contributed by atoms with Gasteiger partial charge < -0.3 is 24.8 Å². The summed E-state index contributed by atoms with van der Waals surface area (Å²) in [7, 11) is 0. The average Bonchev–Trinajstić information content (AvgIpc) is 2.95. The molecule has 0 spiro atoms. The Bertz CT molecular complexity index is 1160. The largest absolute Gasteiger partial charge is 0.392 e. The van der Waals surface area contributed by atoms with Gasteiger partial charge in [-0.05, 0) is 61.3 Å². The maximum Gasteiger partial charge on any atom is 0.257 e. The Labute approximate surface area is 224 Å². The van der Waals surface area contributed by atoms with Crippen LogP contribution in [-0.4, -0.2) is 46.6 Å². The van der Waals surface area contributed by atoms with E-state index < -0.39 is 6.29 Å². The van der Waals surface area contributed by atoms with Crippen molar-refractivity contribution in [2.75, 3.05) is 25.0 Å². The molecule has 7 heteroatoms. The van der Waals surface area contributed by atoms with Crippen molar-refractivity contribution < 1.29 is 19.4 Å². The summed E-state index contributed by atoms with van der Waals surface area (Å²) >= 11 is 0. The van der Waals surface area contributed by atoms with E-state index in [1.807, 2.05) is 48.5 Å². The Kier molecular flexibility index (Phi) is 9.15. The average molecular weight is 516 g/mol. The van der Waals surface area contributed by atoms with E-state index in [2.05, 4.69) is 15.2 Å². The molecule has 3 heterocycles. The number of likely N-dealkylation sites (tertiary alicyclic amines) is 1. The van der Waals surface area contributed by atoms with Gasteiger partial charge in [-0.1, -0.05) is 55.7 Å². The number of carbonyl (C=O) groups excluding carboxylic acids is 1. The van der Waals surface area contributed by atoms with Gasteiger partial charge in [-0.2, -0.15) is 0 Å². The smallest absolute Gasteiger partial charge is 0.257 e. The molecule has 5 rings (SSSR count). The second kappa shape index (κ2) is 13.1. The third-order valence-electron chi connectivity index (χ3n) is 7.37. The number of pyridine rings is 1. The molecule has 2 aliphatic rings. The Morgan fingerprint density at radius 3 is 2.47 bits per heavy atom. The zero-order valence-corrected chi connectivity index (χ0v) is 21.8. The van der Waals surface area contributed by atoms with Gasteiger partial charge in [0, 0.05) is 36.6 Å². The second-order valence-corrected chi connectivity index (χ2v) is 10.2. The molecule has 7 nitrogen and oxygen atoms in total. The summed E-state index contributed by atoms with van der Waals surface area (Å²) in [5.74, 6) is -0.211. The van der Waals surface area contributed by atoms with E-state index in [-0.39, 0.29) is 24.7 Å². The van der Waals surface area contributed by atoms with E-state index >= 15 is 0 Å². The lowest BCUT2D eigenvalue weighted by atomic mass is 9.99. The van der Waals surface area contributed by atoms with Crippen molar-refractivity contribution in [1.82, 2.24) is 9.88 Å². The lowest BCUT2D eigenvalue weighted by Crippen LogP contribution is -2.40. The van der Waals surface area contributed by atoms with Crippen molar-refractivity contribution in [3.63, 3.8) is 0 Å². The quantitative estimate of drug-likeness (QED) is 0.424. The van der Waals surface area contributed by atoms with Crippen molar-refractivity contribution in [3.05, 3.63) is 95.3 Å². The number of aliphatic hydroxyl groups excluding tert-OH is 1. The molecule has 1 amide bonds. The van der Waals surface area contributed by atoms with Crippen LogP contribution in [0.3, 0.4) is 0 Å². The highest BCUT2D eigenvalue weighted by Gasteiger charge is 2.33. The summed E-state index contributed by atoms with van der Waals surface area (Å²) in [6, 6.07) is 19.1. The number of nitrogens with one attached hydrogen (secondary N) is 1. The Hall–Kier alpha value is -3.10. The van der Waals surface area contributed by atoms with Crippen molar-refractivity contribution in [2.24, 2.45) is 0 Å². The van der Waals surface area contributed by atoms with Crippen LogP contribution in [0, 0.1) is 0 Å². The minimum Gasteiger partial charge on any atom is -0.392 e. The molecule has 2 fully saturated rings. The number of hydrogen-bond donors (Lipinski definition) is 2. The first-order valence-corrected chi connectivity index (χ1v) is 13.7. The Morgan fingerprint density at radius 2 is 1.74 bits per heavy atom. The highest BCUT2D eigenvalue weighted by atomic mass is 16.7. The first-order valence-electron chi connectivity index (χ1n) is 13.7. The van der Waals surface area contributed by atoms with Crippen molar-refractivity contribution in [2.45, 2.75) is 63.6 Å². The molecule has 2 saturated heterocycles. The van der Waals surface area contributed by atoms with Crippen LogP contribution in [0.2, 0.25) is 0 Å². The lowest BCUT2D eigenvalue weighted by Gasteiger charge is -2.39. The second-order valence-electron chi connectivity index (χ2n) is 10.2. The SMILES string of the molecule is O=C(Nc1cccc([C@H]2O[C@@H](CN3CCCCCCC3)C[C@@H](c3ccc(CO)cc3)O2)c1)c1cccnc1. The fourth-order valence-corrected chi connectivity index (χ4v) is 5.28. The molecule has 0 aliphatic carbocycles. The highest BCUT2D eigenvalue weighted by molar-refractivity contribution is 6.04. The molecule has 0 radical (unpaired) electrons. The molecule has 0 unspecified atom stereocenters. The molecular weight excluding hydrogens is 478 g/mol. The number of nitrogens with zero attached hydrogens (tertiary/aromatic N) is 2. The predicted molar refractivity (Wildman–Crippen MR) is 147 cm³/mol. The molecule has 3 atom stereocenters. The van der Waals surface area contributed by atoms with Crippen LogP contribution >= 0.6 is 0 Å². The zero-order chi connectivity index (χ0) is 26.2. The van der Waals surface area contributed by atoms with Gasteiger partial charge in [-0.25, -0.2) is 0 Å². The number of amides is 1. The van der Waals surface area contributed by atoms with Gasteiger partial charge in [0.2, 0.25) is 0 Å². The van der Waals surface area contributed by atoms with Gasteiger partial charge in [0.25, 0.3) is 5.91 Å². The van der Waals surface area contributed by atoms with Crippen molar-refractivity contribution in [1.29, 1.82) is 0 Å². The van der Waals surface area contributed by atoms with Crippen LogP contribution in [-0.2, 0) is 16.1 Å². The number of aliphatic hydroxyl groups is 1. The molecule has 2 aromatic carbocycles. The van der Waals surface area contributed by atoms with E-state index in [0.717, 1.165) is 42.7 Å². The number of hydrogen-bond acceptors (Lipinski definition) is 6. The summed E-state index contributed by atoms with van der Waals surface area (Å²) in [5.41, 5.74) is 4.00. The minimum absolute atomic E-state index is 0.0179. The van der Waals surface area contributed by atoms with Crippen LogP contribution in [0.1, 0.15) is 78.0 Å². The number of rotatable bonds is 7. The van der Waals surface area contributed by atoms with Crippen LogP contribution in [0.25, 0.3) is 0 Å². The fourth-order valence-electron chi connectivity index (χ4n) is 5.28. The number of ether oxygens (including phenoxy) is 2. The molecule has 200 valence electrons. The summed E-state index contributed by atoms with van der Waals surface area (Å²) < 4.78 is 13.1. The molecule has 3 aromatic rings. The predicted octanol–water partition coefficient (Wildman–Crippen LogP) is 5.64. The van der Waals surface area contributed by atoms with Crippen LogP contribution in [0.15, 0.2) is 73.1 Å². The molecule has 1 aromatic heterocycles. The van der Waals surface area contributed by atoms with E-state index in [9.17, 15) is 9.90 Å². The number of carbonyl (C=O) groups is 1. The molecular formula is C31H37N3O4. The normalized spacial score (nSPS) is 22.8. The third kappa shape index (κ3) is 7.05. The third-order valence-corrected chi connectivity index (χ3v) is 7.37. The van der Waals surface area contributed by atoms with Gasteiger partial charge in [-0.15, -0.1) is 0 Å². The van der Waals surface area contributed by atoms with Crippen LogP contribution in [0.4, 0.5) is 5.69 Å². The minimum atomic E-state index is -0.554. The van der Waals surface area contributed by atoms with Gasteiger partial charge in [-0.3, -0.25) is 9.78 Å².